The Labute approximate surface area is 171 Å². The molecule has 1 aromatic carbocycles. The van der Waals surface area contributed by atoms with Crippen LogP contribution in [0.1, 0.15) is 42.5 Å². The van der Waals surface area contributed by atoms with Crippen LogP contribution >= 0.6 is 0 Å². The summed E-state index contributed by atoms with van der Waals surface area (Å²) in [4.78, 5) is 18.8. The number of likely N-dealkylation sites (tertiary alicyclic amines) is 1. The maximum absolute atomic E-state index is 13.0. The average Bonchev–Trinajstić information content (AvgIpc) is 3.10. The van der Waals surface area contributed by atoms with Gasteiger partial charge in [-0.25, -0.2) is 18.1 Å². The van der Waals surface area contributed by atoms with Gasteiger partial charge in [0, 0.05) is 38.6 Å². The van der Waals surface area contributed by atoms with E-state index in [4.69, 9.17) is 4.74 Å². The van der Waals surface area contributed by atoms with Crippen molar-refractivity contribution in [2.24, 2.45) is 0 Å². The first-order chi connectivity index (χ1) is 14.0. The van der Waals surface area contributed by atoms with Gasteiger partial charge in [-0.3, -0.25) is 4.79 Å². The fourth-order valence-electron chi connectivity index (χ4n) is 3.44. The van der Waals surface area contributed by atoms with E-state index in [1.807, 2.05) is 10.8 Å². The molecule has 0 aliphatic carbocycles. The van der Waals surface area contributed by atoms with E-state index >= 15 is 0 Å². The first-order valence-electron chi connectivity index (χ1n) is 9.94. The molecule has 0 spiro atoms. The van der Waals surface area contributed by atoms with Gasteiger partial charge in [-0.1, -0.05) is 12.8 Å². The van der Waals surface area contributed by atoms with Gasteiger partial charge in [-0.2, -0.15) is 0 Å². The number of aromatic nitrogens is 2. The molecule has 3 rings (SSSR count). The lowest BCUT2D eigenvalue weighted by Crippen LogP contribution is -2.32. The molecule has 1 aliphatic rings. The molecule has 1 aromatic heterocycles. The molecule has 0 radical (unpaired) electrons. The van der Waals surface area contributed by atoms with Gasteiger partial charge in [0.2, 0.25) is 10.0 Å². The molecular formula is C20H28N4O4S. The number of benzene rings is 1. The minimum atomic E-state index is -3.72. The van der Waals surface area contributed by atoms with E-state index in [0.717, 1.165) is 25.7 Å². The number of methoxy groups -OCH3 is 1. The van der Waals surface area contributed by atoms with E-state index in [2.05, 4.69) is 9.71 Å². The Kier molecular flexibility index (Phi) is 7.27. The number of ether oxygens (including phenoxy) is 1. The summed E-state index contributed by atoms with van der Waals surface area (Å²) in [5, 5.41) is 0. The van der Waals surface area contributed by atoms with E-state index in [1.165, 1.54) is 19.2 Å². The van der Waals surface area contributed by atoms with Crippen molar-refractivity contribution in [2.75, 3.05) is 26.7 Å². The highest BCUT2D eigenvalue weighted by atomic mass is 32.2. The van der Waals surface area contributed by atoms with Crippen molar-refractivity contribution in [2.45, 2.75) is 43.5 Å². The van der Waals surface area contributed by atoms with Crippen molar-refractivity contribution >= 4 is 15.9 Å². The Morgan fingerprint density at radius 3 is 2.62 bits per heavy atom. The third-order valence-electron chi connectivity index (χ3n) is 5.05. The lowest BCUT2D eigenvalue weighted by atomic mass is 10.1. The van der Waals surface area contributed by atoms with Crippen LogP contribution in [-0.4, -0.2) is 55.5 Å². The monoisotopic (exact) mass is 420 g/mol. The van der Waals surface area contributed by atoms with Gasteiger partial charge < -0.3 is 14.2 Å². The third-order valence-corrected chi connectivity index (χ3v) is 6.51. The molecule has 1 N–H and O–H groups in total. The maximum atomic E-state index is 13.0. The summed E-state index contributed by atoms with van der Waals surface area (Å²) in [5.74, 6) is 0.208. The molecule has 0 atom stereocenters. The number of hydrogen-bond donors (Lipinski definition) is 1. The number of nitrogens with zero attached hydrogens (tertiary/aromatic N) is 3. The van der Waals surface area contributed by atoms with Gasteiger partial charge in [0.05, 0.1) is 23.9 Å². The van der Waals surface area contributed by atoms with E-state index < -0.39 is 10.0 Å². The third kappa shape index (κ3) is 5.57. The van der Waals surface area contributed by atoms with Crippen molar-refractivity contribution in [1.29, 1.82) is 0 Å². The molecule has 0 bridgehead atoms. The zero-order valence-corrected chi connectivity index (χ0v) is 17.5. The van der Waals surface area contributed by atoms with E-state index in [9.17, 15) is 13.2 Å². The number of imidazole rings is 1. The van der Waals surface area contributed by atoms with Gasteiger partial charge in [0.1, 0.15) is 5.75 Å². The van der Waals surface area contributed by atoms with Crippen molar-refractivity contribution in [1.82, 2.24) is 19.2 Å². The minimum absolute atomic E-state index is 0.0686. The fraction of sp³-hybridized carbons (Fsp3) is 0.500. The van der Waals surface area contributed by atoms with Crippen LogP contribution in [0.3, 0.4) is 0 Å². The first kappa shape index (κ1) is 21.3. The molecule has 1 fully saturated rings. The zero-order chi connectivity index (χ0) is 20.7. The number of sulfonamides is 1. The highest BCUT2D eigenvalue weighted by molar-refractivity contribution is 7.89. The summed E-state index contributed by atoms with van der Waals surface area (Å²) in [5.41, 5.74) is 0.288. The van der Waals surface area contributed by atoms with Gasteiger partial charge in [-0.05, 0) is 37.5 Å². The average molecular weight is 421 g/mol. The summed E-state index contributed by atoms with van der Waals surface area (Å²) in [6.45, 7) is 2.34. The molecule has 1 aliphatic heterocycles. The van der Waals surface area contributed by atoms with Gasteiger partial charge >= 0.3 is 0 Å². The Bertz CT molecular complexity index is 905. The molecule has 2 aromatic rings. The second kappa shape index (κ2) is 9.89. The molecule has 0 unspecified atom stereocenters. The van der Waals surface area contributed by atoms with Crippen LogP contribution in [0.25, 0.3) is 0 Å². The van der Waals surface area contributed by atoms with Crippen molar-refractivity contribution in [3.05, 3.63) is 42.5 Å². The topological polar surface area (TPSA) is 93.5 Å². The van der Waals surface area contributed by atoms with E-state index in [1.54, 1.807) is 23.5 Å². The molecule has 1 amide bonds. The number of carbonyl (C=O) groups is 1. The van der Waals surface area contributed by atoms with Gasteiger partial charge in [0.15, 0.2) is 0 Å². The second-order valence-corrected chi connectivity index (χ2v) is 8.89. The van der Waals surface area contributed by atoms with Crippen molar-refractivity contribution < 1.29 is 17.9 Å². The zero-order valence-electron chi connectivity index (χ0n) is 16.7. The summed E-state index contributed by atoms with van der Waals surface area (Å²) < 4.78 is 35.2. The van der Waals surface area contributed by atoms with Crippen LogP contribution < -0.4 is 9.46 Å². The number of aryl methyl sites for hydroxylation is 1. The molecule has 29 heavy (non-hydrogen) atoms. The number of rotatable bonds is 8. The summed E-state index contributed by atoms with van der Waals surface area (Å²) in [7, 11) is -2.24. The minimum Gasteiger partial charge on any atom is -0.496 e. The molecule has 0 saturated carbocycles. The Balaban J connectivity index is 1.71. The van der Waals surface area contributed by atoms with Crippen molar-refractivity contribution in [3.63, 3.8) is 0 Å². The molecule has 2 heterocycles. The fourth-order valence-corrected chi connectivity index (χ4v) is 4.54. The standard InChI is InChI=1S/C20H28N4O4S/c1-28-19-8-7-17(15-18(19)20(25)24-12-4-2-3-5-13-24)29(26,27)22-9-6-11-23-14-10-21-16-23/h7-8,10,14-16,22H,2-6,9,11-13H2,1H3. The Morgan fingerprint density at radius 2 is 1.97 bits per heavy atom. The van der Waals surface area contributed by atoms with Gasteiger partial charge in [-0.15, -0.1) is 0 Å². The van der Waals surface area contributed by atoms with Gasteiger partial charge in [0.25, 0.3) is 5.91 Å². The van der Waals surface area contributed by atoms with Crippen LogP contribution in [-0.2, 0) is 16.6 Å². The summed E-state index contributed by atoms with van der Waals surface area (Å²) in [6, 6.07) is 4.44. The first-order valence-corrected chi connectivity index (χ1v) is 11.4. The number of hydrogen-bond acceptors (Lipinski definition) is 5. The predicted molar refractivity (Wildman–Crippen MR) is 109 cm³/mol. The number of nitrogens with one attached hydrogen (secondary N) is 1. The SMILES string of the molecule is COc1ccc(S(=O)(=O)NCCCn2ccnc2)cc1C(=O)N1CCCCCC1. The molecule has 9 heteroatoms. The Hall–Kier alpha value is -2.39. The second-order valence-electron chi connectivity index (χ2n) is 7.12. The number of carbonyl (C=O) groups excluding carboxylic acids is 1. The maximum Gasteiger partial charge on any atom is 0.257 e. The normalized spacial score (nSPS) is 15.1. The lowest BCUT2D eigenvalue weighted by Gasteiger charge is -2.22. The molecule has 158 valence electrons. The smallest absolute Gasteiger partial charge is 0.257 e. The highest BCUT2D eigenvalue weighted by Crippen LogP contribution is 2.25. The van der Waals surface area contributed by atoms with Crippen molar-refractivity contribution in [3.8, 4) is 5.75 Å². The van der Waals surface area contributed by atoms with Crippen LogP contribution in [0.15, 0.2) is 41.8 Å². The quantitative estimate of drug-likeness (QED) is 0.661. The van der Waals surface area contributed by atoms with E-state index in [0.29, 0.717) is 38.3 Å². The largest absolute Gasteiger partial charge is 0.496 e. The van der Waals surface area contributed by atoms with Crippen LogP contribution in [0.2, 0.25) is 0 Å². The number of amides is 1. The molecule has 8 nitrogen and oxygen atoms in total. The lowest BCUT2D eigenvalue weighted by molar-refractivity contribution is 0.0758. The summed E-state index contributed by atoms with van der Waals surface area (Å²) >= 11 is 0. The highest BCUT2D eigenvalue weighted by Gasteiger charge is 2.24. The van der Waals surface area contributed by atoms with E-state index in [-0.39, 0.29) is 16.4 Å². The molecular weight excluding hydrogens is 392 g/mol. The molecule has 1 saturated heterocycles. The van der Waals surface area contributed by atoms with Crippen LogP contribution in [0.5, 0.6) is 5.75 Å². The summed E-state index contributed by atoms with van der Waals surface area (Å²) in [6.07, 6.45) is 9.98. The van der Waals surface area contributed by atoms with Crippen LogP contribution in [0.4, 0.5) is 0 Å². The Morgan fingerprint density at radius 1 is 1.21 bits per heavy atom. The van der Waals surface area contributed by atoms with Crippen LogP contribution in [0, 0.1) is 0 Å². The predicted octanol–water partition coefficient (Wildman–Crippen LogP) is 2.28.